The van der Waals surface area contributed by atoms with Gasteiger partial charge in [0.1, 0.15) is 6.26 Å². The van der Waals surface area contributed by atoms with Gasteiger partial charge in [-0.25, -0.2) is 5.48 Å². The number of nitrogens with one attached hydrogen (secondary N) is 2. The van der Waals surface area contributed by atoms with E-state index in [-0.39, 0.29) is 12.5 Å². The summed E-state index contributed by atoms with van der Waals surface area (Å²) in [5.41, 5.74) is 2.53. The van der Waals surface area contributed by atoms with Gasteiger partial charge in [-0.3, -0.25) is 14.4 Å². The smallest absolute Gasteiger partial charge is 0.262 e. The zero-order valence-corrected chi connectivity index (χ0v) is 8.28. The first-order valence-corrected chi connectivity index (χ1v) is 4.45. The Morgan fingerprint density at radius 2 is 2.33 bits per heavy atom. The van der Waals surface area contributed by atoms with Crippen LogP contribution in [-0.2, 0) is 9.63 Å². The average Bonchev–Trinajstić information content (AvgIpc) is 2.76. The summed E-state index contributed by atoms with van der Waals surface area (Å²) in [5, 5.41) is 2.40. The number of furan rings is 1. The second-order valence-electron chi connectivity index (χ2n) is 2.65. The van der Waals surface area contributed by atoms with Gasteiger partial charge in [0.2, 0.25) is 0 Å². The molecule has 1 aromatic heterocycles. The van der Waals surface area contributed by atoms with Gasteiger partial charge in [-0.15, -0.1) is 0 Å². The maximum Gasteiger partial charge on any atom is 0.262 e. The molecule has 2 N–H and O–H groups in total. The SMILES string of the molecule is CCONC(=O)CNC(=O)c1ccoc1. The molecule has 1 rings (SSSR count). The molecular formula is C9H12N2O4. The van der Waals surface area contributed by atoms with E-state index >= 15 is 0 Å². The average molecular weight is 212 g/mol. The van der Waals surface area contributed by atoms with E-state index in [0.717, 1.165) is 0 Å². The summed E-state index contributed by atoms with van der Waals surface area (Å²) in [6.45, 7) is 1.98. The van der Waals surface area contributed by atoms with E-state index in [1.807, 2.05) is 0 Å². The van der Waals surface area contributed by atoms with Gasteiger partial charge < -0.3 is 9.73 Å². The Labute approximate surface area is 86.5 Å². The molecule has 6 nitrogen and oxygen atoms in total. The highest BCUT2D eigenvalue weighted by atomic mass is 16.6. The Morgan fingerprint density at radius 1 is 1.53 bits per heavy atom. The predicted molar refractivity (Wildman–Crippen MR) is 50.8 cm³/mol. The summed E-state index contributed by atoms with van der Waals surface area (Å²) in [4.78, 5) is 26.9. The summed E-state index contributed by atoms with van der Waals surface area (Å²) < 4.78 is 4.72. The number of carbonyl (C=O) groups excluding carboxylic acids is 2. The molecule has 0 bridgehead atoms. The van der Waals surface area contributed by atoms with Crippen molar-refractivity contribution in [3.8, 4) is 0 Å². The molecule has 0 radical (unpaired) electrons. The predicted octanol–water partition coefficient (Wildman–Crippen LogP) is 0.0771. The first kappa shape index (κ1) is 11.3. The summed E-state index contributed by atoms with van der Waals surface area (Å²) in [6, 6.07) is 1.51. The van der Waals surface area contributed by atoms with Crippen molar-refractivity contribution in [1.82, 2.24) is 10.8 Å². The lowest BCUT2D eigenvalue weighted by atomic mass is 10.3. The molecule has 1 aromatic rings. The molecule has 1 heterocycles. The van der Waals surface area contributed by atoms with Gasteiger partial charge in [0.25, 0.3) is 11.8 Å². The van der Waals surface area contributed by atoms with Crippen molar-refractivity contribution in [1.29, 1.82) is 0 Å². The van der Waals surface area contributed by atoms with Crippen LogP contribution in [0.1, 0.15) is 17.3 Å². The van der Waals surface area contributed by atoms with Gasteiger partial charge in [-0.05, 0) is 13.0 Å². The minimum Gasteiger partial charge on any atom is -0.472 e. The number of amides is 2. The van der Waals surface area contributed by atoms with Crippen molar-refractivity contribution in [2.45, 2.75) is 6.92 Å². The molecule has 6 heteroatoms. The molecule has 0 saturated carbocycles. The molecule has 0 aliphatic carbocycles. The van der Waals surface area contributed by atoms with E-state index in [9.17, 15) is 9.59 Å². The molecule has 0 unspecified atom stereocenters. The minimum absolute atomic E-state index is 0.135. The van der Waals surface area contributed by atoms with Crippen LogP contribution in [0, 0.1) is 0 Å². The van der Waals surface area contributed by atoms with E-state index < -0.39 is 5.91 Å². The third-order valence-corrected chi connectivity index (χ3v) is 1.52. The van der Waals surface area contributed by atoms with Gasteiger partial charge >= 0.3 is 0 Å². The molecule has 15 heavy (non-hydrogen) atoms. The molecule has 0 atom stereocenters. The number of carbonyl (C=O) groups is 2. The van der Waals surface area contributed by atoms with Crippen LogP contribution in [-0.4, -0.2) is 25.0 Å². The van der Waals surface area contributed by atoms with E-state index in [4.69, 9.17) is 4.42 Å². The van der Waals surface area contributed by atoms with Crippen LogP contribution in [0.3, 0.4) is 0 Å². The second kappa shape index (κ2) is 5.82. The van der Waals surface area contributed by atoms with Gasteiger partial charge in [-0.1, -0.05) is 0 Å². The fraction of sp³-hybridized carbons (Fsp3) is 0.333. The highest BCUT2D eigenvalue weighted by molar-refractivity contribution is 5.95. The van der Waals surface area contributed by atoms with E-state index in [0.29, 0.717) is 12.2 Å². The van der Waals surface area contributed by atoms with Crippen LogP contribution >= 0.6 is 0 Å². The largest absolute Gasteiger partial charge is 0.472 e. The van der Waals surface area contributed by atoms with Crippen LogP contribution in [0.2, 0.25) is 0 Å². The van der Waals surface area contributed by atoms with Crippen LogP contribution < -0.4 is 10.8 Å². The molecule has 0 aliphatic rings. The fourth-order valence-corrected chi connectivity index (χ4v) is 0.845. The fourth-order valence-electron chi connectivity index (χ4n) is 0.845. The third kappa shape index (κ3) is 3.82. The van der Waals surface area contributed by atoms with Crippen molar-refractivity contribution in [3.05, 3.63) is 24.2 Å². The molecular weight excluding hydrogens is 200 g/mol. The summed E-state index contributed by atoms with van der Waals surface area (Å²) in [6.07, 6.45) is 2.69. The number of hydroxylamine groups is 1. The first-order valence-electron chi connectivity index (χ1n) is 4.45. The molecule has 0 fully saturated rings. The van der Waals surface area contributed by atoms with Crippen LogP contribution in [0.4, 0.5) is 0 Å². The lowest BCUT2D eigenvalue weighted by Crippen LogP contribution is -2.36. The van der Waals surface area contributed by atoms with Gasteiger partial charge in [0.05, 0.1) is 25.0 Å². The summed E-state index contributed by atoms with van der Waals surface area (Å²) >= 11 is 0. The first-order chi connectivity index (χ1) is 7.24. The summed E-state index contributed by atoms with van der Waals surface area (Å²) in [7, 11) is 0. The van der Waals surface area contributed by atoms with Gasteiger partial charge in [0, 0.05) is 0 Å². The van der Waals surface area contributed by atoms with Crippen LogP contribution in [0.5, 0.6) is 0 Å². The Kier molecular flexibility index (Phi) is 4.36. The quantitative estimate of drug-likeness (QED) is 0.677. The van der Waals surface area contributed by atoms with Crippen LogP contribution in [0.15, 0.2) is 23.0 Å². The topological polar surface area (TPSA) is 80.6 Å². The van der Waals surface area contributed by atoms with Crippen molar-refractivity contribution >= 4 is 11.8 Å². The second-order valence-corrected chi connectivity index (χ2v) is 2.65. The molecule has 0 spiro atoms. The third-order valence-electron chi connectivity index (χ3n) is 1.52. The Balaban J connectivity index is 2.25. The molecule has 2 amide bonds. The monoisotopic (exact) mass is 212 g/mol. The van der Waals surface area contributed by atoms with E-state index in [1.165, 1.54) is 18.6 Å². The van der Waals surface area contributed by atoms with Crippen molar-refractivity contribution < 1.29 is 18.8 Å². The van der Waals surface area contributed by atoms with Crippen molar-refractivity contribution in [2.24, 2.45) is 0 Å². The van der Waals surface area contributed by atoms with Crippen molar-refractivity contribution in [3.63, 3.8) is 0 Å². The molecule has 82 valence electrons. The van der Waals surface area contributed by atoms with Crippen molar-refractivity contribution in [2.75, 3.05) is 13.2 Å². The van der Waals surface area contributed by atoms with Gasteiger partial charge in [-0.2, -0.15) is 0 Å². The van der Waals surface area contributed by atoms with Gasteiger partial charge in [0.15, 0.2) is 0 Å². The lowest BCUT2D eigenvalue weighted by molar-refractivity contribution is -0.132. The summed E-state index contributed by atoms with van der Waals surface area (Å²) in [5.74, 6) is -0.774. The molecule has 0 aromatic carbocycles. The van der Waals surface area contributed by atoms with Crippen LogP contribution in [0.25, 0.3) is 0 Å². The Morgan fingerprint density at radius 3 is 2.93 bits per heavy atom. The lowest BCUT2D eigenvalue weighted by Gasteiger charge is -2.04. The number of hydrogen-bond donors (Lipinski definition) is 2. The number of rotatable bonds is 5. The Hall–Kier alpha value is -1.82. The maximum atomic E-state index is 11.3. The molecule has 0 saturated heterocycles. The highest BCUT2D eigenvalue weighted by Gasteiger charge is 2.08. The van der Waals surface area contributed by atoms with E-state index in [1.54, 1.807) is 6.92 Å². The normalized spacial score (nSPS) is 9.67. The Bertz CT molecular complexity index is 321. The highest BCUT2D eigenvalue weighted by Crippen LogP contribution is 1.98. The zero-order chi connectivity index (χ0) is 11.1. The van der Waals surface area contributed by atoms with E-state index in [2.05, 4.69) is 15.6 Å². The standard InChI is InChI=1S/C9H12N2O4/c1-2-15-11-8(12)5-10-9(13)7-3-4-14-6-7/h3-4,6H,2,5H2,1H3,(H,10,13)(H,11,12). The zero-order valence-electron chi connectivity index (χ0n) is 8.28. The maximum absolute atomic E-state index is 11.3. The molecule has 0 aliphatic heterocycles. The number of hydrogen-bond acceptors (Lipinski definition) is 4. The minimum atomic E-state index is -0.409.